The second-order valence-corrected chi connectivity index (χ2v) is 7.03. The van der Waals surface area contributed by atoms with Gasteiger partial charge in [-0.05, 0) is 51.9 Å². The molecule has 3 nitrogen and oxygen atoms in total. The quantitative estimate of drug-likeness (QED) is 0.784. The topological polar surface area (TPSA) is 46.5 Å². The summed E-state index contributed by atoms with van der Waals surface area (Å²) in [7, 11) is 2.06. The third kappa shape index (κ3) is 3.24. The van der Waals surface area contributed by atoms with E-state index in [1.165, 1.54) is 0 Å². The molecule has 1 aliphatic carbocycles. The average molecular weight is 274 g/mol. The van der Waals surface area contributed by atoms with Crippen molar-refractivity contribution >= 4 is 15.4 Å². The first-order valence-corrected chi connectivity index (χ1v) is 7.25. The third-order valence-electron chi connectivity index (χ3n) is 4.99. The van der Waals surface area contributed by atoms with Gasteiger partial charge in [-0.3, -0.25) is 4.79 Å². The van der Waals surface area contributed by atoms with Crippen molar-refractivity contribution in [2.75, 3.05) is 0 Å². The zero-order valence-electron chi connectivity index (χ0n) is 12.1. The van der Waals surface area contributed by atoms with Crippen LogP contribution in [0.1, 0.15) is 66.2 Å². The predicted molar refractivity (Wildman–Crippen MR) is 76.0 cm³/mol. The van der Waals surface area contributed by atoms with Gasteiger partial charge in [0.05, 0.1) is 20.5 Å². The molecule has 1 N–H and O–H groups in total. The molecule has 1 saturated carbocycles. The number of aliphatic hydroxyl groups is 1. The van der Waals surface area contributed by atoms with E-state index in [9.17, 15) is 9.90 Å². The maximum Gasteiger partial charge on any atom is 0.313 e. The van der Waals surface area contributed by atoms with E-state index in [4.69, 9.17) is 4.52 Å². The molecule has 0 saturated heterocycles. The van der Waals surface area contributed by atoms with Gasteiger partial charge in [-0.1, -0.05) is 19.8 Å². The maximum absolute atomic E-state index is 11.8. The molecule has 4 heteroatoms. The Morgan fingerprint density at radius 1 is 1.17 bits per heavy atom. The summed E-state index contributed by atoms with van der Waals surface area (Å²) in [5.74, 6) is -0.126. The fourth-order valence-electron chi connectivity index (χ4n) is 2.95. The lowest BCUT2D eigenvalue weighted by molar-refractivity contribution is -0.145. The Balaban J connectivity index is 2.74. The predicted octanol–water partition coefficient (Wildman–Crippen LogP) is 3.46. The van der Waals surface area contributed by atoms with Crippen molar-refractivity contribution in [3.05, 3.63) is 0 Å². The SMILES string of the molecule is CC1(C(=O)OP)CCCC(C)(C(C)(C)O)CCC1. The van der Waals surface area contributed by atoms with Crippen LogP contribution in [-0.2, 0) is 9.32 Å². The van der Waals surface area contributed by atoms with E-state index in [1.54, 1.807) is 0 Å². The minimum absolute atomic E-state index is 0.0563. The first-order chi connectivity index (χ1) is 8.15. The van der Waals surface area contributed by atoms with Crippen molar-refractivity contribution in [2.24, 2.45) is 10.8 Å². The molecule has 0 aromatic heterocycles. The van der Waals surface area contributed by atoms with Crippen LogP contribution < -0.4 is 0 Å². The lowest BCUT2D eigenvalue weighted by Gasteiger charge is -2.44. The first-order valence-electron chi connectivity index (χ1n) is 6.78. The molecule has 0 bridgehead atoms. The molecule has 0 spiro atoms. The lowest BCUT2D eigenvalue weighted by atomic mass is 9.64. The second-order valence-electron chi connectivity index (χ2n) is 6.79. The lowest BCUT2D eigenvalue weighted by Crippen LogP contribution is -2.43. The highest BCUT2D eigenvalue weighted by atomic mass is 31.0. The molecule has 0 radical (unpaired) electrons. The summed E-state index contributed by atoms with van der Waals surface area (Å²) in [5.41, 5.74) is -1.08. The standard InChI is InChI=1S/C14H27O3P/c1-12(2,16)14(4)9-5-7-13(3,8-6-10-14)11(15)17-18/h16H,5-10,18H2,1-4H3. The van der Waals surface area contributed by atoms with Crippen molar-refractivity contribution in [1.82, 2.24) is 0 Å². The first kappa shape index (κ1) is 15.9. The van der Waals surface area contributed by atoms with Gasteiger partial charge in [0.1, 0.15) is 0 Å². The van der Waals surface area contributed by atoms with Crippen LogP contribution in [0.15, 0.2) is 0 Å². The van der Waals surface area contributed by atoms with Crippen LogP contribution in [0, 0.1) is 10.8 Å². The summed E-state index contributed by atoms with van der Waals surface area (Å²) in [6.07, 6.45) is 5.50. The Labute approximate surface area is 113 Å². The fourth-order valence-corrected chi connectivity index (χ4v) is 3.23. The van der Waals surface area contributed by atoms with Crippen molar-refractivity contribution < 1.29 is 14.4 Å². The molecule has 0 aliphatic heterocycles. The smallest absolute Gasteiger partial charge is 0.313 e. The molecule has 0 heterocycles. The van der Waals surface area contributed by atoms with Gasteiger partial charge in [0, 0.05) is 0 Å². The van der Waals surface area contributed by atoms with Crippen LogP contribution >= 0.6 is 9.47 Å². The molecular weight excluding hydrogens is 247 g/mol. The van der Waals surface area contributed by atoms with E-state index in [2.05, 4.69) is 16.4 Å². The molecule has 0 aromatic carbocycles. The highest BCUT2D eigenvalue weighted by Crippen LogP contribution is 2.46. The molecule has 18 heavy (non-hydrogen) atoms. The maximum atomic E-state index is 11.8. The monoisotopic (exact) mass is 274 g/mol. The largest absolute Gasteiger partial charge is 0.451 e. The molecule has 0 aromatic rings. The van der Waals surface area contributed by atoms with E-state index in [-0.39, 0.29) is 16.8 Å². The molecular formula is C14H27O3P. The van der Waals surface area contributed by atoms with Gasteiger partial charge >= 0.3 is 5.97 Å². The van der Waals surface area contributed by atoms with E-state index in [0.29, 0.717) is 0 Å². The van der Waals surface area contributed by atoms with Gasteiger partial charge in [0.25, 0.3) is 0 Å². The molecule has 1 rings (SSSR count). The van der Waals surface area contributed by atoms with Gasteiger partial charge in [-0.25, -0.2) is 0 Å². The molecule has 0 amide bonds. The fraction of sp³-hybridized carbons (Fsp3) is 0.929. The number of hydrogen-bond acceptors (Lipinski definition) is 3. The Morgan fingerprint density at radius 2 is 1.61 bits per heavy atom. The van der Waals surface area contributed by atoms with Gasteiger partial charge in [0.2, 0.25) is 0 Å². The average Bonchev–Trinajstić information content (AvgIpc) is 2.24. The summed E-state index contributed by atoms with van der Waals surface area (Å²) >= 11 is 0. The zero-order valence-corrected chi connectivity index (χ0v) is 13.2. The van der Waals surface area contributed by atoms with Crippen molar-refractivity contribution in [2.45, 2.75) is 71.8 Å². The third-order valence-corrected chi connectivity index (χ3v) is 5.21. The highest BCUT2D eigenvalue weighted by Gasteiger charge is 2.43. The van der Waals surface area contributed by atoms with Crippen LogP contribution in [0.25, 0.3) is 0 Å². The Hall–Kier alpha value is -0.140. The van der Waals surface area contributed by atoms with Crippen molar-refractivity contribution in [3.63, 3.8) is 0 Å². The number of carbonyl (C=O) groups is 1. The number of carbonyl (C=O) groups excluding carboxylic acids is 1. The van der Waals surface area contributed by atoms with E-state index in [0.717, 1.165) is 38.5 Å². The summed E-state index contributed by atoms with van der Waals surface area (Å²) in [6, 6.07) is 0. The number of rotatable bonds is 2. The second kappa shape index (κ2) is 5.46. The Morgan fingerprint density at radius 3 is 1.94 bits per heavy atom. The van der Waals surface area contributed by atoms with Crippen LogP contribution in [-0.4, -0.2) is 16.7 Å². The van der Waals surface area contributed by atoms with Crippen LogP contribution in [0.2, 0.25) is 0 Å². The van der Waals surface area contributed by atoms with Gasteiger partial charge < -0.3 is 9.63 Å². The number of hydrogen-bond donors (Lipinski definition) is 1. The van der Waals surface area contributed by atoms with Crippen molar-refractivity contribution in [3.8, 4) is 0 Å². The Bertz CT molecular complexity index is 297. The molecule has 1 atom stereocenters. The van der Waals surface area contributed by atoms with Gasteiger partial charge in [-0.2, -0.15) is 0 Å². The van der Waals surface area contributed by atoms with Gasteiger partial charge in [0.15, 0.2) is 0 Å². The molecule has 1 fully saturated rings. The zero-order chi connectivity index (χ0) is 14.0. The molecule has 1 aliphatic rings. The Kier molecular flexibility index (Phi) is 4.83. The van der Waals surface area contributed by atoms with Crippen LogP contribution in [0.3, 0.4) is 0 Å². The minimum Gasteiger partial charge on any atom is -0.451 e. The normalized spacial score (nSPS) is 34.6. The van der Waals surface area contributed by atoms with Gasteiger partial charge in [-0.15, -0.1) is 0 Å². The van der Waals surface area contributed by atoms with E-state index >= 15 is 0 Å². The highest BCUT2D eigenvalue weighted by molar-refractivity contribution is 7.10. The van der Waals surface area contributed by atoms with Crippen molar-refractivity contribution in [1.29, 1.82) is 0 Å². The summed E-state index contributed by atoms with van der Waals surface area (Å²) in [5, 5.41) is 10.3. The van der Waals surface area contributed by atoms with Crippen LogP contribution in [0.5, 0.6) is 0 Å². The van der Waals surface area contributed by atoms with E-state index < -0.39 is 5.60 Å². The van der Waals surface area contributed by atoms with Crippen LogP contribution in [0.4, 0.5) is 0 Å². The molecule has 106 valence electrons. The van der Waals surface area contributed by atoms with E-state index in [1.807, 2.05) is 20.8 Å². The summed E-state index contributed by atoms with van der Waals surface area (Å²) in [4.78, 5) is 11.8. The summed E-state index contributed by atoms with van der Waals surface area (Å²) in [6.45, 7) is 7.94. The minimum atomic E-state index is -0.665. The molecule has 1 unspecified atom stereocenters. The summed E-state index contributed by atoms with van der Waals surface area (Å²) < 4.78 is 4.84.